The second-order valence-electron chi connectivity index (χ2n) is 7.62. The first-order valence-corrected chi connectivity index (χ1v) is 11.9. The minimum Gasteiger partial charge on any atom is -0.497 e. The van der Waals surface area contributed by atoms with Gasteiger partial charge in [-0.1, -0.05) is 48.0 Å². The van der Waals surface area contributed by atoms with Crippen LogP contribution in [0.15, 0.2) is 82.8 Å². The molecule has 0 saturated carbocycles. The standard InChI is InChI=1S/C25H27N3O4S/c1-18-9-13-23(14-10-18)33(30,31)28-24(20-7-5-4-6-8-20)16-25(29)27-26-17-21-11-12-22(32-3)15-19(21)2/h4-15,17,24,28H,16H2,1-3H3,(H,27,29)/b26-17-/t24-/m1/s1. The summed E-state index contributed by atoms with van der Waals surface area (Å²) in [6, 6.07) is 20.3. The SMILES string of the molecule is COc1ccc(/C=N\NC(=O)C[C@@H](NS(=O)(=O)c2ccc(C)cc2)c2ccccc2)c(C)c1. The highest BCUT2D eigenvalue weighted by Gasteiger charge is 2.23. The van der Waals surface area contributed by atoms with E-state index in [0.29, 0.717) is 5.56 Å². The lowest BCUT2D eigenvalue weighted by molar-refractivity contribution is -0.121. The Labute approximate surface area is 194 Å². The molecule has 1 atom stereocenters. The molecule has 0 aliphatic heterocycles. The third kappa shape index (κ3) is 6.74. The Balaban J connectivity index is 1.73. The molecule has 172 valence electrons. The number of aryl methyl sites for hydroxylation is 2. The molecule has 1 amide bonds. The monoisotopic (exact) mass is 465 g/mol. The zero-order valence-electron chi connectivity index (χ0n) is 18.8. The zero-order valence-corrected chi connectivity index (χ0v) is 19.6. The van der Waals surface area contributed by atoms with E-state index in [1.165, 1.54) is 0 Å². The molecule has 0 heterocycles. The van der Waals surface area contributed by atoms with Gasteiger partial charge in [0, 0.05) is 6.42 Å². The number of carbonyl (C=O) groups is 1. The first-order valence-electron chi connectivity index (χ1n) is 10.4. The topological polar surface area (TPSA) is 96.9 Å². The number of sulfonamides is 1. The van der Waals surface area contributed by atoms with Crippen molar-refractivity contribution < 1.29 is 17.9 Å². The van der Waals surface area contributed by atoms with Gasteiger partial charge in [-0.25, -0.2) is 18.6 Å². The summed E-state index contributed by atoms with van der Waals surface area (Å²) >= 11 is 0. The molecular formula is C25H27N3O4S. The van der Waals surface area contributed by atoms with E-state index >= 15 is 0 Å². The molecule has 3 rings (SSSR count). The van der Waals surface area contributed by atoms with Gasteiger partial charge in [0.25, 0.3) is 0 Å². The molecule has 0 saturated heterocycles. The first kappa shape index (κ1) is 24.2. The largest absolute Gasteiger partial charge is 0.497 e. The van der Waals surface area contributed by atoms with Gasteiger partial charge in [-0.2, -0.15) is 5.10 Å². The van der Waals surface area contributed by atoms with Crippen molar-refractivity contribution in [1.82, 2.24) is 10.1 Å². The summed E-state index contributed by atoms with van der Waals surface area (Å²) in [5.74, 6) is 0.318. The lowest BCUT2D eigenvalue weighted by Gasteiger charge is -2.18. The maximum absolute atomic E-state index is 12.9. The number of ether oxygens (including phenoxy) is 1. The molecule has 0 aliphatic rings. The van der Waals surface area contributed by atoms with E-state index in [1.807, 2.05) is 38.1 Å². The molecule has 0 unspecified atom stereocenters. The van der Waals surface area contributed by atoms with Crippen LogP contribution in [0.5, 0.6) is 5.75 Å². The molecule has 3 aromatic rings. The van der Waals surface area contributed by atoms with Crippen molar-refractivity contribution in [3.05, 3.63) is 95.1 Å². The van der Waals surface area contributed by atoms with Gasteiger partial charge >= 0.3 is 0 Å². The van der Waals surface area contributed by atoms with E-state index < -0.39 is 22.0 Å². The zero-order chi connectivity index (χ0) is 23.8. The Bertz CT molecular complexity index is 1220. The van der Waals surface area contributed by atoms with Gasteiger partial charge in [0.1, 0.15) is 5.75 Å². The fourth-order valence-corrected chi connectivity index (χ4v) is 4.43. The summed E-state index contributed by atoms with van der Waals surface area (Å²) in [4.78, 5) is 12.7. The minimum absolute atomic E-state index is 0.117. The van der Waals surface area contributed by atoms with E-state index in [0.717, 1.165) is 22.4 Å². The third-order valence-electron chi connectivity index (χ3n) is 5.09. The van der Waals surface area contributed by atoms with Crippen molar-refractivity contribution in [2.24, 2.45) is 5.10 Å². The highest BCUT2D eigenvalue weighted by atomic mass is 32.2. The summed E-state index contributed by atoms with van der Waals surface area (Å²) in [7, 11) is -2.23. The predicted octanol–water partition coefficient (Wildman–Crippen LogP) is 3.87. The summed E-state index contributed by atoms with van der Waals surface area (Å²) in [6.07, 6.45) is 1.43. The van der Waals surface area contributed by atoms with Crippen molar-refractivity contribution in [2.75, 3.05) is 7.11 Å². The number of carbonyl (C=O) groups excluding carboxylic acids is 1. The second kappa shape index (κ2) is 10.9. The van der Waals surface area contributed by atoms with Crippen LogP contribution in [-0.2, 0) is 14.8 Å². The van der Waals surface area contributed by atoms with E-state index in [-0.39, 0.29) is 11.3 Å². The first-order chi connectivity index (χ1) is 15.8. The molecule has 3 aromatic carbocycles. The molecule has 0 aromatic heterocycles. The minimum atomic E-state index is -3.83. The smallest absolute Gasteiger partial charge is 0.242 e. The van der Waals surface area contributed by atoms with Gasteiger partial charge in [-0.15, -0.1) is 0 Å². The Morgan fingerprint density at radius 3 is 2.36 bits per heavy atom. The Morgan fingerprint density at radius 1 is 1.03 bits per heavy atom. The van der Waals surface area contributed by atoms with Crippen LogP contribution in [0.1, 0.15) is 34.7 Å². The van der Waals surface area contributed by atoms with Crippen molar-refractivity contribution >= 4 is 22.1 Å². The highest BCUT2D eigenvalue weighted by Crippen LogP contribution is 2.21. The lowest BCUT2D eigenvalue weighted by atomic mass is 10.0. The summed E-state index contributed by atoms with van der Waals surface area (Å²) in [5, 5.41) is 4.03. The predicted molar refractivity (Wildman–Crippen MR) is 129 cm³/mol. The maximum atomic E-state index is 12.9. The fourth-order valence-electron chi connectivity index (χ4n) is 3.21. The number of hydrazone groups is 1. The molecule has 33 heavy (non-hydrogen) atoms. The molecule has 0 bridgehead atoms. The number of rotatable bonds is 9. The van der Waals surface area contributed by atoms with E-state index in [4.69, 9.17) is 4.74 Å². The van der Waals surface area contributed by atoms with Crippen molar-refractivity contribution in [3.63, 3.8) is 0 Å². The Hall–Kier alpha value is -3.49. The quantitative estimate of drug-likeness (QED) is 0.370. The number of nitrogens with zero attached hydrogens (tertiary/aromatic N) is 1. The molecule has 2 N–H and O–H groups in total. The number of methoxy groups -OCH3 is 1. The normalized spacial score (nSPS) is 12.5. The number of benzene rings is 3. The lowest BCUT2D eigenvalue weighted by Crippen LogP contribution is -2.32. The van der Waals surface area contributed by atoms with Crippen LogP contribution in [0.3, 0.4) is 0 Å². The molecule has 0 radical (unpaired) electrons. The van der Waals surface area contributed by atoms with Gasteiger partial charge in [-0.05, 0) is 60.9 Å². The van der Waals surface area contributed by atoms with Crippen LogP contribution in [-0.4, -0.2) is 27.6 Å². The maximum Gasteiger partial charge on any atom is 0.242 e. The van der Waals surface area contributed by atoms with Crippen LogP contribution in [0.2, 0.25) is 0 Å². The van der Waals surface area contributed by atoms with Crippen LogP contribution in [0.25, 0.3) is 0 Å². The van der Waals surface area contributed by atoms with Gasteiger partial charge < -0.3 is 4.74 Å². The molecule has 0 spiro atoms. The van der Waals surface area contributed by atoms with Crippen molar-refractivity contribution in [1.29, 1.82) is 0 Å². The van der Waals surface area contributed by atoms with Gasteiger partial charge in [0.2, 0.25) is 15.9 Å². The Morgan fingerprint density at radius 2 is 1.73 bits per heavy atom. The van der Waals surface area contributed by atoms with Gasteiger partial charge in [-0.3, -0.25) is 4.79 Å². The number of hydrogen-bond acceptors (Lipinski definition) is 5. The summed E-state index contributed by atoms with van der Waals surface area (Å²) < 4.78 is 33.7. The molecular weight excluding hydrogens is 438 g/mol. The fraction of sp³-hybridized carbons (Fsp3) is 0.200. The van der Waals surface area contributed by atoms with Crippen LogP contribution < -0.4 is 14.9 Å². The molecule has 8 heteroatoms. The van der Waals surface area contributed by atoms with Crippen molar-refractivity contribution in [3.8, 4) is 5.75 Å². The highest BCUT2D eigenvalue weighted by molar-refractivity contribution is 7.89. The number of hydrogen-bond donors (Lipinski definition) is 2. The number of nitrogens with one attached hydrogen (secondary N) is 2. The summed E-state index contributed by atoms with van der Waals surface area (Å²) in [5.41, 5.74) is 5.89. The Kier molecular flexibility index (Phi) is 7.97. The molecule has 0 fully saturated rings. The summed E-state index contributed by atoms with van der Waals surface area (Å²) in [6.45, 7) is 3.80. The molecule has 0 aliphatic carbocycles. The number of amides is 1. The average molecular weight is 466 g/mol. The van der Waals surface area contributed by atoms with Gasteiger partial charge in [0.15, 0.2) is 0 Å². The molecule has 7 nitrogen and oxygen atoms in total. The van der Waals surface area contributed by atoms with E-state index in [9.17, 15) is 13.2 Å². The van der Waals surface area contributed by atoms with Crippen LogP contribution in [0.4, 0.5) is 0 Å². The van der Waals surface area contributed by atoms with Gasteiger partial charge in [0.05, 0.1) is 24.3 Å². The average Bonchev–Trinajstić information content (AvgIpc) is 2.80. The van der Waals surface area contributed by atoms with Crippen LogP contribution >= 0.6 is 0 Å². The third-order valence-corrected chi connectivity index (χ3v) is 6.58. The van der Waals surface area contributed by atoms with E-state index in [2.05, 4.69) is 15.2 Å². The van der Waals surface area contributed by atoms with Crippen molar-refractivity contribution in [2.45, 2.75) is 31.2 Å². The second-order valence-corrected chi connectivity index (χ2v) is 9.33. The van der Waals surface area contributed by atoms with Crippen LogP contribution in [0, 0.1) is 13.8 Å². The van der Waals surface area contributed by atoms with E-state index in [1.54, 1.807) is 61.9 Å².